The maximum atomic E-state index is 11.0. The summed E-state index contributed by atoms with van der Waals surface area (Å²) >= 11 is 0. The molecule has 122 valence electrons. The van der Waals surface area contributed by atoms with Crippen LogP contribution in [0, 0.1) is 0 Å². The second-order valence-electron chi connectivity index (χ2n) is 6.29. The molecule has 0 atom stereocenters. The number of hydrogen-bond acceptors (Lipinski definition) is 3. The average molecular weight is 312 g/mol. The predicted octanol–water partition coefficient (Wildman–Crippen LogP) is 4.10. The Morgan fingerprint density at radius 2 is 1.26 bits per heavy atom. The average Bonchev–Trinajstić information content (AvgIpc) is 2.64. The van der Waals surface area contributed by atoms with E-state index in [-0.39, 0.29) is 0 Å². The first-order chi connectivity index (χ1) is 11.1. The SMILES string of the molecule is COC1(OC)CCC(O)(c2ccc(-c3ccccc3)cc2)CC1. The van der Waals surface area contributed by atoms with Crippen molar-refractivity contribution in [3.8, 4) is 11.1 Å². The summed E-state index contributed by atoms with van der Waals surface area (Å²) in [5.74, 6) is -0.545. The Labute approximate surface area is 137 Å². The molecule has 3 rings (SSSR count). The van der Waals surface area contributed by atoms with Gasteiger partial charge in [0.1, 0.15) is 0 Å². The van der Waals surface area contributed by atoms with Crippen molar-refractivity contribution in [2.24, 2.45) is 0 Å². The zero-order valence-electron chi connectivity index (χ0n) is 13.8. The van der Waals surface area contributed by atoms with Crippen molar-refractivity contribution in [1.29, 1.82) is 0 Å². The highest BCUT2D eigenvalue weighted by molar-refractivity contribution is 5.63. The smallest absolute Gasteiger partial charge is 0.167 e. The molecule has 1 aliphatic rings. The van der Waals surface area contributed by atoms with Crippen LogP contribution in [0.3, 0.4) is 0 Å². The number of hydrogen-bond donors (Lipinski definition) is 1. The third kappa shape index (κ3) is 3.18. The maximum absolute atomic E-state index is 11.0. The summed E-state index contributed by atoms with van der Waals surface area (Å²) in [6, 6.07) is 18.5. The molecule has 0 aliphatic heterocycles. The first-order valence-electron chi connectivity index (χ1n) is 8.09. The van der Waals surface area contributed by atoms with Crippen molar-refractivity contribution in [2.45, 2.75) is 37.1 Å². The Morgan fingerprint density at radius 1 is 0.739 bits per heavy atom. The lowest BCUT2D eigenvalue weighted by molar-refractivity contribution is -0.243. The Hall–Kier alpha value is -1.68. The Balaban J connectivity index is 1.77. The van der Waals surface area contributed by atoms with Gasteiger partial charge in [-0.3, -0.25) is 0 Å². The highest BCUT2D eigenvalue weighted by atomic mass is 16.7. The highest BCUT2D eigenvalue weighted by Crippen LogP contribution is 2.43. The predicted molar refractivity (Wildman–Crippen MR) is 91.0 cm³/mol. The van der Waals surface area contributed by atoms with Crippen LogP contribution in [0.25, 0.3) is 11.1 Å². The number of ether oxygens (including phenoxy) is 2. The van der Waals surface area contributed by atoms with Crippen LogP contribution in [0.1, 0.15) is 31.2 Å². The minimum atomic E-state index is -0.796. The summed E-state index contributed by atoms with van der Waals surface area (Å²) in [5.41, 5.74) is 2.53. The lowest BCUT2D eigenvalue weighted by atomic mass is 9.77. The Kier molecular flexibility index (Phi) is 4.53. The monoisotopic (exact) mass is 312 g/mol. The zero-order chi connectivity index (χ0) is 16.3. The molecule has 1 aliphatic carbocycles. The number of benzene rings is 2. The fourth-order valence-electron chi connectivity index (χ4n) is 3.43. The van der Waals surface area contributed by atoms with E-state index in [2.05, 4.69) is 24.3 Å². The third-order valence-corrected chi connectivity index (χ3v) is 5.11. The molecule has 23 heavy (non-hydrogen) atoms. The lowest BCUT2D eigenvalue weighted by Gasteiger charge is -2.42. The van der Waals surface area contributed by atoms with Gasteiger partial charge in [0.05, 0.1) is 5.60 Å². The van der Waals surface area contributed by atoms with Gasteiger partial charge in [0.2, 0.25) is 0 Å². The quantitative estimate of drug-likeness (QED) is 0.864. The van der Waals surface area contributed by atoms with Gasteiger partial charge in [-0.1, -0.05) is 54.6 Å². The zero-order valence-corrected chi connectivity index (χ0v) is 13.8. The largest absolute Gasteiger partial charge is 0.385 e. The maximum Gasteiger partial charge on any atom is 0.167 e. The van der Waals surface area contributed by atoms with Crippen molar-refractivity contribution in [3.63, 3.8) is 0 Å². The van der Waals surface area contributed by atoms with E-state index >= 15 is 0 Å². The van der Waals surface area contributed by atoms with Gasteiger partial charge in [0, 0.05) is 27.1 Å². The van der Waals surface area contributed by atoms with Crippen molar-refractivity contribution in [3.05, 3.63) is 60.2 Å². The van der Waals surface area contributed by atoms with Crippen molar-refractivity contribution in [2.75, 3.05) is 14.2 Å². The van der Waals surface area contributed by atoms with E-state index in [1.54, 1.807) is 14.2 Å². The van der Waals surface area contributed by atoms with Gasteiger partial charge in [-0.05, 0) is 29.5 Å². The van der Waals surface area contributed by atoms with E-state index in [4.69, 9.17) is 9.47 Å². The fourth-order valence-corrected chi connectivity index (χ4v) is 3.43. The summed E-state index contributed by atoms with van der Waals surface area (Å²) in [6.07, 6.45) is 2.66. The van der Waals surface area contributed by atoms with Crippen LogP contribution in [-0.2, 0) is 15.1 Å². The first-order valence-corrected chi connectivity index (χ1v) is 8.09. The van der Waals surface area contributed by atoms with Crippen molar-refractivity contribution < 1.29 is 14.6 Å². The minimum absolute atomic E-state index is 0.545. The number of aliphatic hydroxyl groups is 1. The van der Waals surface area contributed by atoms with E-state index < -0.39 is 11.4 Å². The van der Waals surface area contributed by atoms with Crippen molar-refractivity contribution >= 4 is 0 Å². The minimum Gasteiger partial charge on any atom is -0.385 e. The van der Waals surface area contributed by atoms with Gasteiger partial charge in [-0.2, -0.15) is 0 Å². The van der Waals surface area contributed by atoms with Crippen LogP contribution in [0.15, 0.2) is 54.6 Å². The standard InChI is InChI=1S/C20H24O3/c1-22-20(23-2)14-12-19(21,13-15-20)18-10-8-17(9-11-18)16-6-4-3-5-7-16/h3-11,21H,12-15H2,1-2H3. The molecule has 0 radical (unpaired) electrons. The molecule has 0 unspecified atom stereocenters. The molecule has 2 aromatic rings. The Bertz CT molecular complexity index is 620. The molecule has 1 fully saturated rings. The Morgan fingerprint density at radius 3 is 1.78 bits per heavy atom. The second-order valence-corrected chi connectivity index (χ2v) is 6.29. The van der Waals surface area contributed by atoms with E-state index in [1.165, 1.54) is 5.56 Å². The molecule has 0 saturated heterocycles. The van der Waals surface area contributed by atoms with E-state index in [0.717, 1.165) is 11.1 Å². The first kappa shape index (κ1) is 16.2. The highest BCUT2D eigenvalue weighted by Gasteiger charge is 2.43. The lowest BCUT2D eigenvalue weighted by Crippen LogP contribution is -2.43. The van der Waals surface area contributed by atoms with Crippen LogP contribution in [0.5, 0.6) is 0 Å². The molecule has 1 N–H and O–H groups in total. The second kappa shape index (κ2) is 6.44. The van der Waals surface area contributed by atoms with Crippen LogP contribution < -0.4 is 0 Å². The number of rotatable bonds is 4. The third-order valence-electron chi connectivity index (χ3n) is 5.11. The van der Waals surface area contributed by atoms with Gasteiger partial charge in [-0.25, -0.2) is 0 Å². The van der Waals surface area contributed by atoms with E-state index in [0.29, 0.717) is 25.7 Å². The summed E-state index contributed by atoms with van der Waals surface area (Å²) in [5, 5.41) is 11.0. The topological polar surface area (TPSA) is 38.7 Å². The summed E-state index contributed by atoms with van der Waals surface area (Å²) in [6.45, 7) is 0. The van der Waals surface area contributed by atoms with Gasteiger partial charge in [-0.15, -0.1) is 0 Å². The summed E-state index contributed by atoms with van der Waals surface area (Å²) < 4.78 is 11.0. The van der Waals surface area contributed by atoms with Crippen molar-refractivity contribution in [1.82, 2.24) is 0 Å². The molecule has 0 heterocycles. The molecule has 2 aromatic carbocycles. The number of methoxy groups -OCH3 is 2. The van der Waals surface area contributed by atoms with Crippen LogP contribution >= 0.6 is 0 Å². The van der Waals surface area contributed by atoms with Crippen LogP contribution in [-0.4, -0.2) is 25.1 Å². The molecule has 0 bridgehead atoms. The molecular weight excluding hydrogens is 288 g/mol. The summed E-state index contributed by atoms with van der Waals surface area (Å²) in [4.78, 5) is 0. The molecular formula is C20H24O3. The van der Waals surface area contributed by atoms with Gasteiger partial charge >= 0.3 is 0 Å². The van der Waals surface area contributed by atoms with E-state index in [1.807, 2.05) is 30.3 Å². The molecule has 3 heteroatoms. The fraction of sp³-hybridized carbons (Fsp3) is 0.400. The van der Waals surface area contributed by atoms with Gasteiger partial charge in [0.25, 0.3) is 0 Å². The van der Waals surface area contributed by atoms with Crippen LogP contribution in [0.2, 0.25) is 0 Å². The molecule has 3 nitrogen and oxygen atoms in total. The molecule has 0 amide bonds. The van der Waals surface area contributed by atoms with Crippen LogP contribution in [0.4, 0.5) is 0 Å². The molecule has 0 spiro atoms. The normalized spacial score (nSPS) is 19.4. The van der Waals surface area contributed by atoms with Gasteiger partial charge in [0.15, 0.2) is 5.79 Å². The van der Waals surface area contributed by atoms with E-state index in [9.17, 15) is 5.11 Å². The molecule has 1 saturated carbocycles. The van der Waals surface area contributed by atoms with Gasteiger partial charge < -0.3 is 14.6 Å². The summed E-state index contributed by atoms with van der Waals surface area (Å²) in [7, 11) is 3.34. The molecule has 0 aromatic heterocycles.